The predicted molar refractivity (Wildman–Crippen MR) is 97.3 cm³/mol. The Morgan fingerprint density at radius 3 is 2.52 bits per heavy atom. The van der Waals surface area contributed by atoms with Crippen LogP contribution in [0.4, 0.5) is 9.52 Å². The quantitative estimate of drug-likeness (QED) is 0.758. The average Bonchev–Trinajstić information content (AvgIpc) is 3.09. The van der Waals surface area contributed by atoms with Crippen LogP contribution in [0.25, 0.3) is 11.3 Å². The highest BCUT2D eigenvalue weighted by atomic mass is 32.1. The van der Waals surface area contributed by atoms with Gasteiger partial charge in [-0.25, -0.2) is 9.37 Å². The average molecular weight is 358 g/mol. The second kappa shape index (κ2) is 6.76. The summed E-state index contributed by atoms with van der Waals surface area (Å²) in [7, 11) is 0. The van der Waals surface area contributed by atoms with Crippen LogP contribution in [-0.4, -0.2) is 20.7 Å². The van der Waals surface area contributed by atoms with E-state index in [1.165, 1.54) is 23.5 Å². The number of nitrogens with zero attached hydrogens (tertiary/aromatic N) is 3. The van der Waals surface area contributed by atoms with Crippen molar-refractivity contribution in [2.75, 3.05) is 5.32 Å². The van der Waals surface area contributed by atoms with Gasteiger partial charge in [0.2, 0.25) is 0 Å². The second-order valence-electron chi connectivity index (χ2n) is 5.97. The number of amides is 1. The van der Waals surface area contributed by atoms with E-state index in [0.29, 0.717) is 5.13 Å². The number of hydrogen-bond acceptors (Lipinski definition) is 4. The van der Waals surface area contributed by atoms with Gasteiger partial charge in [-0.05, 0) is 58.0 Å². The minimum atomic E-state index is -0.438. The van der Waals surface area contributed by atoms with Crippen molar-refractivity contribution in [2.45, 2.75) is 33.7 Å². The molecule has 1 unspecified atom stereocenters. The standard InChI is InChI=1S/C18H19FN4OS/c1-10-9-11(2)23(22-10)12(3)17(24)21-18-20-16(13(4)25-18)14-5-7-15(19)8-6-14/h5-9,12H,1-4H3,(H,20,21,24). The van der Waals surface area contributed by atoms with Crippen molar-refractivity contribution in [3.63, 3.8) is 0 Å². The van der Waals surface area contributed by atoms with Gasteiger partial charge in [-0.2, -0.15) is 5.10 Å². The van der Waals surface area contributed by atoms with E-state index in [0.717, 1.165) is 27.5 Å². The maximum atomic E-state index is 13.1. The highest BCUT2D eigenvalue weighted by molar-refractivity contribution is 7.16. The Morgan fingerprint density at radius 2 is 1.92 bits per heavy atom. The largest absolute Gasteiger partial charge is 0.300 e. The molecule has 25 heavy (non-hydrogen) atoms. The molecule has 1 amide bonds. The van der Waals surface area contributed by atoms with E-state index in [1.54, 1.807) is 23.7 Å². The van der Waals surface area contributed by atoms with Crippen molar-refractivity contribution in [2.24, 2.45) is 0 Å². The molecule has 0 spiro atoms. The molecule has 0 aliphatic carbocycles. The van der Waals surface area contributed by atoms with E-state index >= 15 is 0 Å². The fraction of sp³-hybridized carbons (Fsp3) is 0.278. The number of aromatic nitrogens is 3. The summed E-state index contributed by atoms with van der Waals surface area (Å²) in [4.78, 5) is 18.0. The first-order chi connectivity index (χ1) is 11.8. The monoisotopic (exact) mass is 358 g/mol. The Hall–Kier alpha value is -2.54. The summed E-state index contributed by atoms with van der Waals surface area (Å²) in [6.07, 6.45) is 0. The van der Waals surface area contributed by atoms with E-state index in [2.05, 4.69) is 15.4 Å². The molecule has 130 valence electrons. The molecule has 0 radical (unpaired) electrons. The number of aryl methyl sites for hydroxylation is 3. The Balaban J connectivity index is 1.79. The molecule has 3 rings (SSSR count). The molecule has 1 atom stereocenters. The van der Waals surface area contributed by atoms with Crippen molar-refractivity contribution in [1.82, 2.24) is 14.8 Å². The van der Waals surface area contributed by atoms with Crippen LogP contribution in [-0.2, 0) is 4.79 Å². The van der Waals surface area contributed by atoms with Gasteiger partial charge in [-0.3, -0.25) is 9.48 Å². The smallest absolute Gasteiger partial charge is 0.250 e. The lowest BCUT2D eigenvalue weighted by Gasteiger charge is -2.13. The highest BCUT2D eigenvalue weighted by Gasteiger charge is 2.20. The molecule has 0 aliphatic rings. The number of rotatable bonds is 4. The number of halogens is 1. The molecule has 1 N–H and O–H groups in total. The number of carbonyl (C=O) groups excluding carboxylic acids is 1. The molecule has 0 saturated heterocycles. The lowest BCUT2D eigenvalue weighted by molar-refractivity contribution is -0.119. The van der Waals surface area contributed by atoms with Crippen LogP contribution < -0.4 is 5.32 Å². The van der Waals surface area contributed by atoms with Gasteiger partial charge in [0.1, 0.15) is 11.9 Å². The number of carbonyl (C=O) groups is 1. The van der Waals surface area contributed by atoms with Crippen LogP contribution in [0, 0.1) is 26.6 Å². The van der Waals surface area contributed by atoms with Gasteiger partial charge in [-0.15, -0.1) is 11.3 Å². The van der Waals surface area contributed by atoms with Crippen LogP contribution in [0.2, 0.25) is 0 Å². The summed E-state index contributed by atoms with van der Waals surface area (Å²) in [6, 6.07) is 7.66. The third-order valence-electron chi connectivity index (χ3n) is 3.94. The van der Waals surface area contributed by atoms with E-state index < -0.39 is 6.04 Å². The molecule has 2 aromatic heterocycles. The Labute approximate surface area is 149 Å². The highest BCUT2D eigenvalue weighted by Crippen LogP contribution is 2.30. The molecule has 0 aliphatic heterocycles. The van der Waals surface area contributed by atoms with Gasteiger partial charge in [0.25, 0.3) is 5.91 Å². The predicted octanol–water partition coefficient (Wildman–Crippen LogP) is 4.27. The third-order valence-corrected chi connectivity index (χ3v) is 4.82. The minimum Gasteiger partial charge on any atom is -0.300 e. The number of benzene rings is 1. The first kappa shape index (κ1) is 17.3. The molecule has 0 fully saturated rings. The molecular formula is C18H19FN4OS. The van der Waals surface area contributed by atoms with Gasteiger partial charge in [-0.1, -0.05) is 0 Å². The lowest BCUT2D eigenvalue weighted by atomic mass is 10.1. The van der Waals surface area contributed by atoms with Gasteiger partial charge in [0.05, 0.1) is 11.4 Å². The topological polar surface area (TPSA) is 59.8 Å². The summed E-state index contributed by atoms with van der Waals surface area (Å²) >= 11 is 1.40. The first-order valence-corrected chi connectivity index (χ1v) is 8.74. The minimum absolute atomic E-state index is 0.175. The molecule has 0 bridgehead atoms. The molecule has 2 heterocycles. The fourth-order valence-electron chi connectivity index (χ4n) is 2.68. The second-order valence-corrected chi connectivity index (χ2v) is 7.17. The zero-order valence-corrected chi connectivity index (χ0v) is 15.3. The zero-order valence-electron chi connectivity index (χ0n) is 14.5. The van der Waals surface area contributed by atoms with Crippen molar-refractivity contribution < 1.29 is 9.18 Å². The lowest BCUT2D eigenvalue weighted by Crippen LogP contribution is -2.25. The van der Waals surface area contributed by atoms with Crippen molar-refractivity contribution >= 4 is 22.4 Å². The summed E-state index contributed by atoms with van der Waals surface area (Å²) in [5, 5.41) is 7.73. The SMILES string of the molecule is Cc1cc(C)n(C(C)C(=O)Nc2nc(-c3ccc(F)cc3)c(C)s2)n1. The summed E-state index contributed by atoms with van der Waals surface area (Å²) in [6.45, 7) is 7.55. The van der Waals surface area contributed by atoms with Gasteiger partial charge >= 0.3 is 0 Å². The van der Waals surface area contributed by atoms with E-state index in [1.807, 2.05) is 26.8 Å². The first-order valence-electron chi connectivity index (χ1n) is 7.92. The molecule has 5 nitrogen and oxygen atoms in total. The Bertz CT molecular complexity index is 914. The van der Waals surface area contributed by atoms with E-state index in [4.69, 9.17) is 0 Å². The number of nitrogens with one attached hydrogen (secondary N) is 1. The Morgan fingerprint density at radius 1 is 1.24 bits per heavy atom. The molecule has 1 aromatic carbocycles. The summed E-state index contributed by atoms with van der Waals surface area (Å²) in [5.41, 5.74) is 3.38. The fourth-order valence-corrected chi connectivity index (χ4v) is 3.52. The van der Waals surface area contributed by atoms with E-state index in [-0.39, 0.29) is 11.7 Å². The molecular weight excluding hydrogens is 339 g/mol. The van der Waals surface area contributed by atoms with Crippen LogP contribution in [0.1, 0.15) is 29.2 Å². The summed E-state index contributed by atoms with van der Waals surface area (Å²) in [5.74, 6) is -0.463. The zero-order chi connectivity index (χ0) is 18.1. The van der Waals surface area contributed by atoms with Gasteiger partial charge in [0.15, 0.2) is 5.13 Å². The van der Waals surface area contributed by atoms with E-state index in [9.17, 15) is 9.18 Å². The van der Waals surface area contributed by atoms with Crippen molar-refractivity contribution in [3.8, 4) is 11.3 Å². The van der Waals surface area contributed by atoms with Gasteiger partial charge < -0.3 is 5.32 Å². The maximum Gasteiger partial charge on any atom is 0.250 e. The number of thiazole rings is 1. The summed E-state index contributed by atoms with van der Waals surface area (Å²) < 4.78 is 14.8. The van der Waals surface area contributed by atoms with Crippen LogP contribution in [0.5, 0.6) is 0 Å². The van der Waals surface area contributed by atoms with Crippen molar-refractivity contribution in [1.29, 1.82) is 0 Å². The molecule has 3 aromatic rings. The molecule has 0 saturated carbocycles. The van der Waals surface area contributed by atoms with Crippen molar-refractivity contribution in [3.05, 3.63) is 52.4 Å². The van der Waals surface area contributed by atoms with Crippen LogP contribution in [0.3, 0.4) is 0 Å². The van der Waals surface area contributed by atoms with Gasteiger partial charge in [0, 0.05) is 16.1 Å². The maximum absolute atomic E-state index is 13.1. The third kappa shape index (κ3) is 3.61. The number of hydrogen-bond donors (Lipinski definition) is 1. The molecule has 7 heteroatoms. The normalized spacial score (nSPS) is 12.2. The van der Waals surface area contributed by atoms with Crippen LogP contribution in [0.15, 0.2) is 30.3 Å². The Kier molecular flexibility index (Phi) is 4.67. The van der Waals surface area contributed by atoms with Crippen LogP contribution >= 0.6 is 11.3 Å². The number of anilines is 1.